The van der Waals surface area contributed by atoms with E-state index in [0.29, 0.717) is 36.2 Å². The first-order valence-corrected chi connectivity index (χ1v) is 9.20. The lowest BCUT2D eigenvalue weighted by molar-refractivity contribution is 0.446. The zero-order chi connectivity index (χ0) is 20.3. The van der Waals surface area contributed by atoms with Crippen molar-refractivity contribution in [3.05, 3.63) is 70.7 Å². The molecule has 148 valence electrons. The average molecular weight is 398 g/mol. The number of benzene rings is 1. The van der Waals surface area contributed by atoms with Crippen molar-refractivity contribution in [1.82, 2.24) is 24.6 Å². The number of aromatic amines is 1. The van der Waals surface area contributed by atoms with Crippen molar-refractivity contribution < 1.29 is 13.2 Å². The smallest absolute Gasteiger partial charge is 0.181 e. The van der Waals surface area contributed by atoms with E-state index < -0.39 is 29.4 Å². The molecule has 0 fully saturated rings. The summed E-state index contributed by atoms with van der Waals surface area (Å²) in [5.74, 6) is -2.29. The highest BCUT2D eigenvalue weighted by Gasteiger charge is 2.33. The van der Waals surface area contributed by atoms with Gasteiger partial charge in [-0.2, -0.15) is 5.10 Å². The number of hydrogen-bond donors (Lipinski definition) is 2. The molecule has 2 unspecified atom stereocenters. The van der Waals surface area contributed by atoms with E-state index in [-0.39, 0.29) is 5.56 Å². The molecule has 0 aliphatic heterocycles. The first kappa shape index (κ1) is 17.9. The van der Waals surface area contributed by atoms with Gasteiger partial charge in [-0.1, -0.05) is 0 Å². The molecule has 1 aliphatic rings. The van der Waals surface area contributed by atoms with Gasteiger partial charge in [0.1, 0.15) is 17.3 Å². The second kappa shape index (κ2) is 6.41. The minimum atomic E-state index is -1.21. The molecule has 29 heavy (non-hydrogen) atoms. The molecule has 0 radical (unpaired) electrons. The summed E-state index contributed by atoms with van der Waals surface area (Å²) in [5, 5.41) is 6.97. The monoisotopic (exact) mass is 398 g/mol. The van der Waals surface area contributed by atoms with E-state index in [0.717, 1.165) is 23.0 Å². The molecule has 5 rings (SSSR count). The van der Waals surface area contributed by atoms with Gasteiger partial charge in [-0.15, -0.1) is 0 Å². The van der Waals surface area contributed by atoms with E-state index in [2.05, 4.69) is 20.2 Å². The fourth-order valence-corrected chi connectivity index (χ4v) is 4.02. The number of pyridine rings is 1. The van der Waals surface area contributed by atoms with Gasteiger partial charge in [0.2, 0.25) is 0 Å². The molecule has 3 N–H and O–H groups in total. The highest BCUT2D eigenvalue weighted by molar-refractivity contribution is 5.62. The molecule has 4 aromatic rings. The number of H-pyrrole nitrogens is 1. The van der Waals surface area contributed by atoms with Gasteiger partial charge < -0.3 is 10.1 Å². The van der Waals surface area contributed by atoms with Gasteiger partial charge in [0.15, 0.2) is 17.5 Å². The van der Waals surface area contributed by atoms with Crippen molar-refractivity contribution >= 4 is 5.65 Å². The van der Waals surface area contributed by atoms with Gasteiger partial charge in [-0.05, 0) is 37.1 Å². The van der Waals surface area contributed by atoms with E-state index in [9.17, 15) is 13.2 Å². The number of halogens is 3. The van der Waals surface area contributed by atoms with Crippen LogP contribution in [0.15, 0.2) is 30.5 Å². The molecule has 9 heteroatoms. The van der Waals surface area contributed by atoms with Crippen LogP contribution in [0.3, 0.4) is 0 Å². The molecule has 0 saturated carbocycles. The number of nitrogens with two attached hydrogens (primary N) is 1. The van der Waals surface area contributed by atoms with Crippen molar-refractivity contribution in [2.24, 2.45) is 5.73 Å². The highest BCUT2D eigenvalue weighted by atomic mass is 19.2. The van der Waals surface area contributed by atoms with Crippen LogP contribution in [0.2, 0.25) is 0 Å². The Morgan fingerprint density at radius 1 is 1.07 bits per heavy atom. The van der Waals surface area contributed by atoms with Crippen LogP contribution >= 0.6 is 0 Å². The third-order valence-corrected chi connectivity index (χ3v) is 5.46. The van der Waals surface area contributed by atoms with Gasteiger partial charge in [-0.25, -0.2) is 23.1 Å². The van der Waals surface area contributed by atoms with Crippen molar-refractivity contribution in [1.29, 1.82) is 0 Å². The lowest BCUT2D eigenvalue weighted by atomic mass is 9.80. The zero-order valence-electron chi connectivity index (χ0n) is 15.5. The summed E-state index contributed by atoms with van der Waals surface area (Å²) in [5.41, 5.74) is 9.61. The molecule has 6 nitrogen and oxygen atoms in total. The van der Waals surface area contributed by atoms with Crippen molar-refractivity contribution in [2.45, 2.75) is 31.7 Å². The van der Waals surface area contributed by atoms with Crippen LogP contribution in [-0.4, -0.2) is 30.6 Å². The maximum atomic E-state index is 14.3. The summed E-state index contributed by atoms with van der Waals surface area (Å²) in [6.07, 6.45) is 2.67. The van der Waals surface area contributed by atoms with E-state index in [4.69, 9.17) is 5.73 Å². The Bertz CT molecular complexity index is 1240. The Kier molecular flexibility index (Phi) is 3.95. The van der Waals surface area contributed by atoms with Crippen molar-refractivity contribution in [2.75, 3.05) is 0 Å². The fraction of sp³-hybridized carbons (Fsp3) is 0.250. The van der Waals surface area contributed by atoms with Crippen LogP contribution < -0.4 is 5.73 Å². The summed E-state index contributed by atoms with van der Waals surface area (Å²) in [4.78, 5) is 9.00. The zero-order valence-corrected chi connectivity index (χ0v) is 15.5. The fourth-order valence-electron chi connectivity index (χ4n) is 4.02. The molecule has 0 amide bonds. The normalized spacial score (nSPS) is 18.9. The Morgan fingerprint density at radius 2 is 1.86 bits per heavy atom. The van der Waals surface area contributed by atoms with Gasteiger partial charge >= 0.3 is 0 Å². The van der Waals surface area contributed by atoms with Crippen LogP contribution in [0, 0.1) is 24.4 Å². The topological polar surface area (TPSA) is 84.9 Å². The van der Waals surface area contributed by atoms with Crippen LogP contribution in [-0.2, 0) is 12.8 Å². The standard InChI is InChI=1S/C20H17F3N6/c1-9-25-20(28-27-9)10-2-3-29-18-8-16(24)12(6-17(18)26-19(29)4-10)11-5-14(22)15(23)7-13(11)21/h2-5,7,12,16H,6,8,24H2,1H3,(H,25,27,28). The number of imidazole rings is 1. The first-order valence-electron chi connectivity index (χ1n) is 9.20. The molecule has 0 bridgehead atoms. The number of nitrogens with one attached hydrogen (secondary N) is 1. The molecule has 1 aliphatic carbocycles. The first-order chi connectivity index (χ1) is 13.9. The van der Waals surface area contributed by atoms with E-state index in [1.807, 2.05) is 29.7 Å². The highest BCUT2D eigenvalue weighted by Crippen LogP contribution is 2.34. The quantitative estimate of drug-likeness (QED) is 0.509. The minimum absolute atomic E-state index is 0.0796. The third-order valence-electron chi connectivity index (χ3n) is 5.46. The second-order valence-corrected chi connectivity index (χ2v) is 7.36. The van der Waals surface area contributed by atoms with Crippen molar-refractivity contribution in [3.63, 3.8) is 0 Å². The summed E-state index contributed by atoms with van der Waals surface area (Å²) in [7, 11) is 0. The Labute approximate surface area is 163 Å². The molecular weight excluding hydrogens is 381 g/mol. The number of rotatable bonds is 2. The van der Waals surface area contributed by atoms with Gasteiger partial charge in [-0.3, -0.25) is 5.10 Å². The number of aromatic nitrogens is 5. The van der Waals surface area contributed by atoms with E-state index >= 15 is 0 Å². The molecule has 0 spiro atoms. The number of hydrogen-bond acceptors (Lipinski definition) is 4. The molecule has 0 saturated heterocycles. The Morgan fingerprint density at radius 3 is 2.62 bits per heavy atom. The maximum Gasteiger partial charge on any atom is 0.181 e. The lowest BCUT2D eigenvalue weighted by Gasteiger charge is -2.29. The SMILES string of the molecule is Cc1nc(-c2ccn3c4c(nc3c2)CC(c2cc(F)c(F)cc2F)C(N)C4)n[nH]1. The Balaban J connectivity index is 1.55. The molecule has 3 aromatic heterocycles. The van der Waals surface area contributed by atoms with Gasteiger partial charge in [0, 0.05) is 41.9 Å². The molecule has 1 aromatic carbocycles. The number of fused-ring (bicyclic) bond motifs is 3. The van der Waals surface area contributed by atoms with Gasteiger partial charge in [0.05, 0.1) is 5.69 Å². The largest absolute Gasteiger partial charge is 0.327 e. The van der Waals surface area contributed by atoms with Crippen LogP contribution in [0.4, 0.5) is 13.2 Å². The lowest BCUT2D eigenvalue weighted by Crippen LogP contribution is -2.37. The van der Waals surface area contributed by atoms with Crippen molar-refractivity contribution in [3.8, 4) is 11.4 Å². The Hall–Kier alpha value is -3.20. The summed E-state index contributed by atoms with van der Waals surface area (Å²) in [6.45, 7) is 1.82. The maximum absolute atomic E-state index is 14.3. The van der Waals surface area contributed by atoms with Gasteiger partial charge in [0.25, 0.3) is 0 Å². The minimum Gasteiger partial charge on any atom is -0.327 e. The predicted octanol–water partition coefficient (Wildman–Crippen LogP) is 3.05. The third kappa shape index (κ3) is 2.89. The second-order valence-electron chi connectivity index (χ2n) is 7.36. The van der Waals surface area contributed by atoms with Crippen LogP contribution in [0.25, 0.3) is 17.0 Å². The molecular formula is C20H17F3N6. The summed E-state index contributed by atoms with van der Waals surface area (Å²) >= 11 is 0. The summed E-state index contributed by atoms with van der Waals surface area (Å²) < 4.78 is 43.2. The number of aryl methyl sites for hydroxylation is 1. The predicted molar refractivity (Wildman–Crippen MR) is 99.7 cm³/mol. The molecule has 2 atom stereocenters. The number of nitrogens with zero attached hydrogens (tertiary/aromatic N) is 4. The molecule has 3 heterocycles. The van der Waals surface area contributed by atoms with E-state index in [1.54, 1.807) is 0 Å². The van der Waals surface area contributed by atoms with Crippen LogP contribution in [0.1, 0.15) is 28.7 Å². The van der Waals surface area contributed by atoms with Crippen LogP contribution in [0.5, 0.6) is 0 Å². The van der Waals surface area contributed by atoms with E-state index in [1.165, 1.54) is 0 Å². The summed E-state index contributed by atoms with van der Waals surface area (Å²) in [6, 6.07) is 4.79. The average Bonchev–Trinajstić information content (AvgIpc) is 3.27.